The fourth-order valence-electron chi connectivity index (χ4n) is 1.30. The molecule has 0 atom stereocenters. The number of hydrogen-bond donors (Lipinski definition) is 1. The second-order valence-corrected chi connectivity index (χ2v) is 3.57. The van der Waals surface area contributed by atoms with Gasteiger partial charge in [0, 0.05) is 5.92 Å². The second-order valence-electron chi connectivity index (χ2n) is 3.57. The zero-order valence-corrected chi connectivity index (χ0v) is 7.96. The molecule has 1 saturated carbocycles. The van der Waals surface area contributed by atoms with Gasteiger partial charge in [-0.3, -0.25) is 4.79 Å². The van der Waals surface area contributed by atoms with E-state index in [0.717, 1.165) is 18.9 Å². The normalized spacial score (nSPS) is 14.4. The predicted octanol–water partition coefficient (Wildman–Crippen LogP) is 2.05. The first-order valence-corrected chi connectivity index (χ1v) is 4.71. The third-order valence-electron chi connectivity index (χ3n) is 2.31. The molecule has 0 aliphatic heterocycles. The van der Waals surface area contributed by atoms with Gasteiger partial charge in [-0.2, -0.15) is 5.26 Å². The quantitative estimate of drug-likeness (QED) is 0.801. The zero-order chi connectivity index (χ0) is 10.8. The summed E-state index contributed by atoms with van der Waals surface area (Å²) in [5.74, 6) is -0.490. The molecule has 76 valence electrons. The fourth-order valence-corrected chi connectivity index (χ4v) is 1.30. The Bertz CT molecular complexity index is 446. The Kier molecular flexibility index (Phi) is 2.38. The van der Waals surface area contributed by atoms with E-state index in [2.05, 4.69) is 5.32 Å². The minimum atomic E-state index is -0.476. The average Bonchev–Trinajstić information content (AvgIpc) is 3.04. The van der Waals surface area contributed by atoms with Gasteiger partial charge in [0.15, 0.2) is 0 Å². The molecule has 0 bridgehead atoms. The van der Waals surface area contributed by atoms with Gasteiger partial charge < -0.3 is 5.32 Å². The standard InChI is InChI=1S/C11H9FN2O/c12-9-3-4-10(8(5-9)6-13)14-11(15)7-1-2-7/h3-5,7H,1-2H2,(H,14,15). The summed E-state index contributed by atoms with van der Waals surface area (Å²) in [7, 11) is 0. The SMILES string of the molecule is N#Cc1cc(F)ccc1NC(=O)C1CC1. The number of nitriles is 1. The highest BCUT2D eigenvalue weighted by Crippen LogP contribution is 2.30. The van der Waals surface area contributed by atoms with Gasteiger partial charge in [0.25, 0.3) is 0 Å². The first-order chi connectivity index (χ1) is 7.20. The number of amides is 1. The molecule has 0 unspecified atom stereocenters. The average molecular weight is 204 g/mol. The monoisotopic (exact) mass is 204 g/mol. The highest BCUT2D eigenvalue weighted by atomic mass is 19.1. The van der Waals surface area contributed by atoms with Crippen LogP contribution in [0.3, 0.4) is 0 Å². The lowest BCUT2D eigenvalue weighted by atomic mass is 10.2. The third-order valence-corrected chi connectivity index (χ3v) is 2.31. The van der Waals surface area contributed by atoms with Gasteiger partial charge in [0.05, 0.1) is 11.3 Å². The molecule has 0 aromatic heterocycles. The van der Waals surface area contributed by atoms with Crippen LogP contribution in [0.1, 0.15) is 18.4 Å². The molecule has 15 heavy (non-hydrogen) atoms. The van der Waals surface area contributed by atoms with Gasteiger partial charge in [-0.15, -0.1) is 0 Å². The Morgan fingerprint density at radius 3 is 2.87 bits per heavy atom. The van der Waals surface area contributed by atoms with Crippen molar-refractivity contribution in [3.8, 4) is 6.07 Å². The number of anilines is 1. The first kappa shape index (κ1) is 9.66. The minimum Gasteiger partial charge on any atom is -0.325 e. The van der Waals surface area contributed by atoms with Crippen molar-refractivity contribution in [3.05, 3.63) is 29.6 Å². The number of nitrogens with one attached hydrogen (secondary N) is 1. The largest absolute Gasteiger partial charge is 0.325 e. The highest BCUT2D eigenvalue weighted by molar-refractivity contribution is 5.95. The third kappa shape index (κ3) is 2.13. The molecule has 0 radical (unpaired) electrons. The summed E-state index contributed by atoms with van der Waals surface area (Å²) in [5, 5.41) is 11.4. The van der Waals surface area contributed by atoms with Crippen LogP contribution in [0.5, 0.6) is 0 Å². The summed E-state index contributed by atoms with van der Waals surface area (Å²) in [6.07, 6.45) is 1.80. The van der Waals surface area contributed by atoms with E-state index >= 15 is 0 Å². The molecule has 1 aromatic carbocycles. The maximum atomic E-state index is 12.8. The van der Waals surface area contributed by atoms with Crippen LogP contribution in [0.15, 0.2) is 18.2 Å². The molecule has 0 saturated heterocycles. The van der Waals surface area contributed by atoms with Crippen LogP contribution in [-0.2, 0) is 4.79 Å². The lowest BCUT2D eigenvalue weighted by Gasteiger charge is -2.05. The molecule has 0 spiro atoms. The van der Waals surface area contributed by atoms with E-state index in [1.165, 1.54) is 12.1 Å². The summed E-state index contributed by atoms with van der Waals surface area (Å²) in [6.45, 7) is 0. The molecule has 0 heterocycles. The Labute approximate surface area is 86.5 Å². The first-order valence-electron chi connectivity index (χ1n) is 4.71. The van der Waals surface area contributed by atoms with Crippen LogP contribution in [0.2, 0.25) is 0 Å². The summed E-state index contributed by atoms with van der Waals surface area (Å²) in [5.41, 5.74) is 0.541. The number of halogens is 1. The smallest absolute Gasteiger partial charge is 0.227 e. The molecule has 1 fully saturated rings. The molecule has 4 heteroatoms. The van der Waals surface area contributed by atoms with Crippen LogP contribution in [0.4, 0.5) is 10.1 Å². The van der Waals surface area contributed by atoms with Crippen LogP contribution in [-0.4, -0.2) is 5.91 Å². The maximum absolute atomic E-state index is 12.8. The van der Waals surface area contributed by atoms with E-state index in [1.54, 1.807) is 0 Å². The van der Waals surface area contributed by atoms with Crippen molar-refractivity contribution < 1.29 is 9.18 Å². The summed E-state index contributed by atoms with van der Waals surface area (Å²) in [6, 6.07) is 5.60. The minimum absolute atomic E-state index is 0.0709. The Balaban J connectivity index is 2.20. The van der Waals surface area contributed by atoms with Crippen molar-refractivity contribution in [2.45, 2.75) is 12.8 Å². The number of nitrogens with zero attached hydrogens (tertiary/aromatic N) is 1. The van der Waals surface area contributed by atoms with E-state index < -0.39 is 5.82 Å². The van der Waals surface area contributed by atoms with Crippen molar-refractivity contribution in [2.24, 2.45) is 5.92 Å². The van der Waals surface area contributed by atoms with Crippen molar-refractivity contribution in [3.63, 3.8) is 0 Å². The van der Waals surface area contributed by atoms with E-state index in [4.69, 9.17) is 5.26 Å². The zero-order valence-electron chi connectivity index (χ0n) is 7.96. The molecule has 1 aliphatic carbocycles. The molecule has 1 aromatic rings. The second kappa shape index (κ2) is 3.70. The van der Waals surface area contributed by atoms with Gasteiger partial charge in [-0.25, -0.2) is 4.39 Å². The summed E-state index contributed by atoms with van der Waals surface area (Å²) < 4.78 is 12.8. The molecule has 1 N–H and O–H groups in total. The number of rotatable bonds is 2. The maximum Gasteiger partial charge on any atom is 0.227 e. The van der Waals surface area contributed by atoms with Gasteiger partial charge in [-0.1, -0.05) is 0 Å². The van der Waals surface area contributed by atoms with Gasteiger partial charge >= 0.3 is 0 Å². The molecular formula is C11H9FN2O. The van der Waals surface area contributed by atoms with Crippen LogP contribution < -0.4 is 5.32 Å². The van der Waals surface area contributed by atoms with Gasteiger partial charge in [0.2, 0.25) is 5.91 Å². The highest BCUT2D eigenvalue weighted by Gasteiger charge is 2.29. The van der Waals surface area contributed by atoms with E-state index in [9.17, 15) is 9.18 Å². The van der Waals surface area contributed by atoms with Crippen molar-refractivity contribution in [2.75, 3.05) is 5.32 Å². The Morgan fingerprint density at radius 1 is 1.53 bits per heavy atom. The molecular weight excluding hydrogens is 195 g/mol. The summed E-state index contributed by atoms with van der Waals surface area (Å²) in [4.78, 5) is 11.4. The van der Waals surface area contributed by atoms with Gasteiger partial charge in [0.1, 0.15) is 11.9 Å². The lowest BCUT2D eigenvalue weighted by Crippen LogP contribution is -2.14. The van der Waals surface area contributed by atoms with E-state index in [0.29, 0.717) is 5.69 Å². The number of hydrogen-bond acceptors (Lipinski definition) is 2. The summed E-state index contributed by atoms with van der Waals surface area (Å²) >= 11 is 0. The number of benzene rings is 1. The lowest BCUT2D eigenvalue weighted by molar-refractivity contribution is -0.117. The van der Waals surface area contributed by atoms with Gasteiger partial charge in [-0.05, 0) is 31.0 Å². The molecule has 2 rings (SSSR count). The van der Waals surface area contributed by atoms with Crippen LogP contribution in [0, 0.1) is 23.1 Å². The topological polar surface area (TPSA) is 52.9 Å². The number of carbonyl (C=O) groups excluding carboxylic acids is 1. The Morgan fingerprint density at radius 2 is 2.27 bits per heavy atom. The molecule has 1 aliphatic rings. The number of carbonyl (C=O) groups is 1. The van der Waals surface area contributed by atoms with E-state index in [1.807, 2.05) is 6.07 Å². The molecule has 1 amide bonds. The molecule has 3 nitrogen and oxygen atoms in total. The fraction of sp³-hybridized carbons (Fsp3) is 0.273. The van der Waals surface area contributed by atoms with E-state index in [-0.39, 0.29) is 17.4 Å². The Hall–Kier alpha value is -1.89. The van der Waals surface area contributed by atoms with Crippen molar-refractivity contribution >= 4 is 11.6 Å². The predicted molar refractivity (Wildman–Crippen MR) is 52.5 cm³/mol. The van der Waals surface area contributed by atoms with Crippen molar-refractivity contribution in [1.29, 1.82) is 5.26 Å². The van der Waals surface area contributed by atoms with Crippen LogP contribution >= 0.6 is 0 Å². The van der Waals surface area contributed by atoms with Crippen LogP contribution in [0.25, 0.3) is 0 Å². The van der Waals surface area contributed by atoms with Crippen molar-refractivity contribution in [1.82, 2.24) is 0 Å².